The lowest BCUT2D eigenvalue weighted by molar-refractivity contribution is -0.124. The predicted molar refractivity (Wildman–Crippen MR) is 95.8 cm³/mol. The molecule has 3 rings (SSSR count). The van der Waals surface area contributed by atoms with E-state index in [2.05, 4.69) is 5.32 Å². The zero-order chi connectivity index (χ0) is 19.4. The number of hydrogen-bond donors (Lipinski definition) is 3. The molecule has 7 heteroatoms. The molecule has 0 bridgehead atoms. The molecule has 1 amide bonds. The Morgan fingerprint density at radius 3 is 2.37 bits per heavy atom. The van der Waals surface area contributed by atoms with Gasteiger partial charge < -0.3 is 20.3 Å². The van der Waals surface area contributed by atoms with Gasteiger partial charge >= 0.3 is 5.97 Å². The number of benzene rings is 3. The van der Waals surface area contributed by atoms with Crippen molar-refractivity contribution in [2.45, 2.75) is 6.54 Å². The van der Waals surface area contributed by atoms with Gasteiger partial charge in [-0.2, -0.15) is 0 Å². The van der Waals surface area contributed by atoms with Gasteiger partial charge in [0, 0.05) is 17.3 Å². The number of esters is 1. The van der Waals surface area contributed by atoms with Gasteiger partial charge in [0.1, 0.15) is 22.9 Å². The van der Waals surface area contributed by atoms with E-state index in [4.69, 9.17) is 4.74 Å². The van der Waals surface area contributed by atoms with Crippen LogP contribution >= 0.6 is 0 Å². The molecular formula is C20H16FNO5. The molecule has 0 spiro atoms. The first kappa shape index (κ1) is 18.2. The maximum absolute atomic E-state index is 12.8. The normalized spacial score (nSPS) is 10.6. The lowest BCUT2D eigenvalue weighted by Crippen LogP contribution is -2.28. The highest BCUT2D eigenvalue weighted by Crippen LogP contribution is 2.35. The van der Waals surface area contributed by atoms with Crippen LogP contribution in [0.2, 0.25) is 0 Å². The standard InChI is InChI=1S/C20H16FNO5/c21-13-7-5-12(6-8-13)10-22-18(24)11-27-20(26)16-9-17(23)14-3-1-2-4-15(14)19(16)25/h1-9,23,25H,10-11H2,(H,22,24). The van der Waals surface area contributed by atoms with Crippen LogP contribution in [-0.2, 0) is 16.1 Å². The summed E-state index contributed by atoms with van der Waals surface area (Å²) in [4.78, 5) is 24.0. The summed E-state index contributed by atoms with van der Waals surface area (Å²) in [7, 11) is 0. The van der Waals surface area contributed by atoms with E-state index < -0.39 is 18.5 Å². The van der Waals surface area contributed by atoms with Gasteiger partial charge in [-0.3, -0.25) is 4.79 Å². The fraction of sp³-hybridized carbons (Fsp3) is 0.100. The maximum atomic E-state index is 12.8. The van der Waals surface area contributed by atoms with Gasteiger partial charge in [0.05, 0.1) is 0 Å². The highest BCUT2D eigenvalue weighted by molar-refractivity contribution is 6.04. The highest BCUT2D eigenvalue weighted by Gasteiger charge is 2.19. The number of carbonyl (C=O) groups is 2. The number of ether oxygens (including phenoxy) is 1. The molecule has 0 aliphatic heterocycles. The molecule has 0 unspecified atom stereocenters. The van der Waals surface area contributed by atoms with Crippen LogP contribution in [0.4, 0.5) is 4.39 Å². The summed E-state index contributed by atoms with van der Waals surface area (Å²) >= 11 is 0. The van der Waals surface area contributed by atoms with Crippen LogP contribution in [-0.4, -0.2) is 28.7 Å². The number of amides is 1. The third-order valence-electron chi connectivity index (χ3n) is 3.95. The van der Waals surface area contributed by atoms with Gasteiger partial charge in [-0.05, 0) is 23.8 Å². The van der Waals surface area contributed by atoms with Gasteiger partial charge in [-0.1, -0.05) is 36.4 Å². The number of nitrogens with one attached hydrogen (secondary N) is 1. The van der Waals surface area contributed by atoms with Gasteiger partial charge in [-0.25, -0.2) is 9.18 Å². The van der Waals surface area contributed by atoms with Crippen molar-refractivity contribution < 1.29 is 28.9 Å². The molecule has 3 aromatic rings. The Morgan fingerprint density at radius 2 is 1.67 bits per heavy atom. The first-order chi connectivity index (χ1) is 13.0. The Kier molecular flexibility index (Phi) is 5.21. The molecule has 0 aliphatic rings. The Morgan fingerprint density at radius 1 is 1.00 bits per heavy atom. The second kappa shape index (κ2) is 7.74. The largest absolute Gasteiger partial charge is 0.507 e. The van der Waals surface area contributed by atoms with Gasteiger partial charge in [0.15, 0.2) is 6.61 Å². The number of carbonyl (C=O) groups excluding carboxylic acids is 2. The second-order valence-corrected chi connectivity index (χ2v) is 5.82. The fourth-order valence-corrected chi connectivity index (χ4v) is 2.56. The van der Waals surface area contributed by atoms with Crippen molar-refractivity contribution >= 4 is 22.6 Å². The summed E-state index contributed by atoms with van der Waals surface area (Å²) in [5, 5.41) is 23.5. The van der Waals surface area contributed by atoms with E-state index in [9.17, 15) is 24.2 Å². The molecule has 6 nitrogen and oxygen atoms in total. The lowest BCUT2D eigenvalue weighted by atomic mass is 10.0. The minimum Gasteiger partial charge on any atom is -0.507 e. The fourth-order valence-electron chi connectivity index (χ4n) is 2.56. The topological polar surface area (TPSA) is 95.9 Å². The summed E-state index contributed by atoms with van der Waals surface area (Å²) in [5.41, 5.74) is 0.450. The smallest absolute Gasteiger partial charge is 0.342 e. The van der Waals surface area contributed by atoms with E-state index >= 15 is 0 Å². The number of halogens is 1. The molecule has 0 atom stereocenters. The number of rotatable bonds is 5. The highest BCUT2D eigenvalue weighted by atomic mass is 19.1. The van der Waals surface area contributed by atoms with Crippen molar-refractivity contribution in [1.82, 2.24) is 5.32 Å². The summed E-state index contributed by atoms with van der Waals surface area (Å²) < 4.78 is 17.7. The van der Waals surface area contributed by atoms with Gasteiger partial charge in [-0.15, -0.1) is 0 Å². The van der Waals surface area contributed by atoms with E-state index in [0.29, 0.717) is 16.3 Å². The van der Waals surface area contributed by atoms with Crippen molar-refractivity contribution in [2.24, 2.45) is 0 Å². The molecule has 0 saturated heterocycles. The summed E-state index contributed by atoms with van der Waals surface area (Å²) in [5.74, 6) is -2.39. The van der Waals surface area contributed by atoms with Crippen LogP contribution in [0.25, 0.3) is 10.8 Å². The minimum atomic E-state index is -0.939. The molecule has 0 fully saturated rings. The number of aromatic hydroxyl groups is 2. The molecular weight excluding hydrogens is 353 g/mol. The van der Waals surface area contributed by atoms with Crippen LogP contribution in [0.5, 0.6) is 11.5 Å². The van der Waals surface area contributed by atoms with Gasteiger partial charge in [0.2, 0.25) is 0 Å². The third-order valence-corrected chi connectivity index (χ3v) is 3.95. The first-order valence-electron chi connectivity index (χ1n) is 8.07. The van der Waals surface area contributed by atoms with Crippen LogP contribution in [0, 0.1) is 5.82 Å². The average Bonchev–Trinajstić information content (AvgIpc) is 2.68. The van der Waals surface area contributed by atoms with Crippen LogP contribution in [0.1, 0.15) is 15.9 Å². The zero-order valence-electron chi connectivity index (χ0n) is 14.1. The average molecular weight is 369 g/mol. The van der Waals surface area contributed by atoms with Crippen molar-refractivity contribution in [3.05, 3.63) is 71.5 Å². The molecule has 0 radical (unpaired) electrons. The molecule has 3 aromatic carbocycles. The number of hydrogen-bond acceptors (Lipinski definition) is 5. The van der Waals surface area contributed by atoms with E-state index in [1.807, 2.05) is 0 Å². The number of fused-ring (bicyclic) bond motifs is 1. The zero-order valence-corrected chi connectivity index (χ0v) is 14.1. The first-order valence-corrected chi connectivity index (χ1v) is 8.07. The Bertz CT molecular complexity index is 1000. The van der Waals surface area contributed by atoms with Crippen LogP contribution < -0.4 is 5.32 Å². The Labute approximate surface area is 153 Å². The molecule has 0 aliphatic carbocycles. The number of phenolic OH excluding ortho intramolecular Hbond substituents is 2. The molecule has 3 N–H and O–H groups in total. The van der Waals surface area contributed by atoms with E-state index in [-0.39, 0.29) is 29.4 Å². The summed E-state index contributed by atoms with van der Waals surface area (Å²) in [6, 6.07) is 13.2. The molecule has 27 heavy (non-hydrogen) atoms. The van der Waals surface area contributed by atoms with E-state index in [1.54, 1.807) is 24.3 Å². The van der Waals surface area contributed by atoms with Crippen molar-refractivity contribution in [1.29, 1.82) is 0 Å². The maximum Gasteiger partial charge on any atom is 0.342 e. The molecule has 0 saturated carbocycles. The third kappa shape index (κ3) is 4.14. The summed E-state index contributed by atoms with van der Waals surface area (Å²) in [6.07, 6.45) is 0. The van der Waals surface area contributed by atoms with Crippen molar-refractivity contribution in [2.75, 3.05) is 6.61 Å². The summed E-state index contributed by atoms with van der Waals surface area (Å²) in [6.45, 7) is -0.411. The Balaban J connectivity index is 1.62. The van der Waals surface area contributed by atoms with Crippen molar-refractivity contribution in [3.63, 3.8) is 0 Å². The van der Waals surface area contributed by atoms with Crippen LogP contribution in [0.3, 0.4) is 0 Å². The van der Waals surface area contributed by atoms with Gasteiger partial charge in [0.25, 0.3) is 5.91 Å². The minimum absolute atomic E-state index is 0.151. The quantitative estimate of drug-likeness (QED) is 0.475. The van der Waals surface area contributed by atoms with Crippen molar-refractivity contribution in [3.8, 4) is 11.5 Å². The SMILES string of the molecule is O=C(COC(=O)c1cc(O)c2ccccc2c1O)NCc1ccc(F)cc1. The van der Waals surface area contributed by atoms with E-state index in [0.717, 1.165) is 6.07 Å². The second-order valence-electron chi connectivity index (χ2n) is 5.82. The molecule has 0 heterocycles. The predicted octanol–water partition coefficient (Wildman–Crippen LogP) is 2.86. The Hall–Kier alpha value is -3.61. The molecule has 0 aromatic heterocycles. The lowest BCUT2D eigenvalue weighted by Gasteiger charge is -2.10. The molecule has 138 valence electrons. The van der Waals surface area contributed by atoms with E-state index in [1.165, 1.54) is 24.3 Å². The monoisotopic (exact) mass is 369 g/mol. The number of phenols is 2. The van der Waals surface area contributed by atoms with Crippen LogP contribution in [0.15, 0.2) is 54.6 Å².